The van der Waals surface area contributed by atoms with E-state index < -0.39 is 12.0 Å². The summed E-state index contributed by atoms with van der Waals surface area (Å²) in [6, 6.07) is 20.4. The molecular formula is C27H30N4O4. The molecule has 1 aromatic heterocycles. The van der Waals surface area contributed by atoms with Crippen LogP contribution in [-0.4, -0.2) is 48.8 Å². The minimum absolute atomic E-state index is 0.253. The van der Waals surface area contributed by atoms with E-state index in [0.29, 0.717) is 17.8 Å². The highest BCUT2D eigenvalue weighted by Gasteiger charge is 2.33. The highest BCUT2D eigenvalue weighted by Crippen LogP contribution is 2.28. The SMILES string of the molecule is CCOC(=O)C1=C(CN(C)CCCc2cc(-c3ccccc3)no2)NC(=O)NC1c1ccccc1. The number of likely N-dealkylation sites (N-methyl/N-ethyl adjacent to an activating group) is 1. The third kappa shape index (κ3) is 6.16. The normalized spacial score (nSPS) is 15.6. The van der Waals surface area contributed by atoms with Crippen molar-refractivity contribution in [1.82, 2.24) is 20.7 Å². The molecule has 1 unspecified atom stereocenters. The van der Waals surface area contributed by atoms with Crippen LogP contribution in [-0.2, 0) is 16.0 Å². The minimum atomic E-state index is -0.571. The Morgan fingerprint density at radius 1 is 1.11 bits per heavy atom. The molecule has 0 saturated heterocycles. The molecule has 35 heavy (non-hydrogen) atoms. The summed E-state index contributed by atoms with van der Waals surface area (Å²) in [5.74, 6) is 0.385. The first-order chi connectivity index (χ1) is 17.0. The Kier molecular flexibility index (Phi) is 7.95. The summed E-state index contributed by atoms with van der Waals surface area (Å²) < 4.78 is 10.8. The van der Waals surface area contributed by atoms with Gasteiger partial charge in [0, 0.05) is 30.3 Å². The lowest BCUT2D eigenvalue weighted by Crippen LogP contribution is -2.48. The van der Waals surface area contributed by atoms with Gasteiger partial charge in [0.2, 0.25) is 0 Å². The highest BCUT2D eigenvalue weighted by atomic mass is 16.5. The molecule has 4 rings (SSSR count). The average Bonchev–Trinajstić information content (AvgIpc) is 3.34. The number of urea groups is 1. The zero-order valence-electron chi connectivity index (χ0n) is 20.0. The van der Waals surface area contributed by atoms with E-state index in [2.05, 4.69) is 20.7 Å². The fourth-order valence-electron chi connectivity index (χ4n) is 4.14. The summed E-state index contributed by atoms with van der Waals surface area (Å²) in [5, 5.41) is 9.85. The molecule has 1 aliphatic heterocycles. The van der Waals surface area contributed by atoms with Gasteiger partial charge in [-0.25, -0.2) is 9.59 Å². The van der Waals surface area contributed by atoms with Crippen molar-refractivity contribution in [1.29, 1.82) is 0 Å². The van der Waals surface area contributed by atoms with Gasteiger partial charge in [-0.05, 0) is 32.5 Å². The molecule has 182 valence electrons. The molecule has 1 atom stereocenters. The van der Waals surface area contributed by atoms with Crippen molar-refractivity contribution in [2.75, 3.05) is 26.7 Å². The first-order valence-corrected chi connectivity index (χ1v) is 11.8. The van der Waals surface area contributed by atoms with Crippen LogP contribution in [0.4, 0.5) is 4.79 Å². The van der Waals surface area contributed by atoms with Crippen molar-refractivity contribution in [2.24, 2.45) is 0 Å². The molecule has 3 aromatic rings. The fraction of sp³-hybridized carbons (Fsp3) is 0.296. The second-order valence-corrected chi connectivity index (χ2v) is 8.44. The Balaban J connectivity index is 1.43. The zero-order chi connectivity index (χ0) is 24.6. The summed E-state index contributed by atoms with van der Waals surface area (Å²) in [6.07, 6.45) is 1.56. The van der Waals surface area contributed by atoms with Crippen LogP contribution < -0.4 is 10.6 Å². The van der Waals surface area contributed by atoms with Crippen LogP contribution in [0.5, 0.6) is 0 Å². The lowest BCUT2D eigenvalue weighted by atomic mass is 9.95. The van der Waals surface area contributed by atoms with E-state index >= 15 is 0 Å². The van der Waals surface area contributed by atoms with Crippen LogP contribution in [0.25, 0.3) is 11.3 Å². The first-order valence-electron chi connectivity index (χ1n) is 11.8. The maximum absolute atomic E-state index is 12.9. The number of amides is 2. The predicted molar refractivity (Wildman–Crippen MR) is 132 cm³/mol. The Morgan fingerprint density at radius 3 is 2.54 bits per heavy atom. The van der Waals surface area contributed by atoms with Gasteiger partial charge in [-0.1, -0.05) is 65.8 Å². The number of nitrogens with zero attached hydrogens (tertiary/aromatic N) is 2. The summed E-state index contributed by atoms with van der Waals surface area (Å²) in [4.78, 5) is 27.4. The van der Waals surface area contributed by atoms with Crippen LogP contribution in [0.15, 0.2) is 82.5 Å². The van der Waals surface area contributed by atoms with Gasteiger partial charge in [-0.2, -0.15) is 0 Å². The lowest BCUT2D eigenvalue weighted by Gasteiger charge is -2.31. The van der Waals surface area contributed by atoms with Gasteiger partial charge in [-0.3, -0.25) is 0 Å². The largest absolute Gasteiger partial charge is 0.463 e. The molecule has 0 aliphatic carbocycles. The number of aryl methyl sites for hydroxylation is 1. The molecule has 2 N–H and O–H groups in total. The minimum Gasteiger partial charge on any atom is -0.463 e. The van der Waals surface area contributed by atoms with Crippen LogP contribution in [0, 0.1) is 0 Å². The van der Waals surface area contributed by atoms with E-state index in [9.17, 15) is 9.59 Å². The van der Waals surface area contributed by atoms with Gasteiger partial charge >= 0.3 is 12.0 Å². The van der Waals surface area contributed by atoms with E-state index in [1.54, 1.807) is 6.92 Å². The summed E-state index contributed by atoms with van der Waals surface area (Å²) in [6.45, 7) is 3.16. The number of nitrogens with one attached hydrogen (secondary N) is 2. The number of benzene rings is 2. The van der Waals surface area contributed by atoms with E-state index in [1.165, 1.54) is 0 Å². The third-order valence-corrected chi connectivity index (χ3v) is 5.80. The Bertz CT molecular complexity index is 1170. The molecule has 8 heteroatoms. The number of ether oxygens (including phenoxy) is 1. The van der Waals surface area contributed by atoms with Crippen LogP contribution in [0.3, 0.4) is 0 Å². The van der Waals surface area contributed by atoms with Crippen molar-refractivity contribution >= 4 is 12.0 Å². The Labute approximate surface area is 204 Å². The van der Waals surface area contributed by atoms with Gasteiger partial charge < -0.3 is 24.8 Å². The van der Waals surface area contributed by atoms with Gasteiger partial charge in [0.1, 0.15) is 11.5 Å². The van der Waals surface area contributed by atoms with Crippen LogP contribution >= 0.6 is 0 Å². The molecular weight excluding hydrogens is 444 g/mol. The van der Waals surface area contributed by atoms with Crippen molar-refractivity contribution in [3.8, 4) is 11.3 Å². The van der Waals surface area contributed by atoms with Crippen molar-refractivity contribution < 1.29 is 18.8 Å². The number of hydrogen-bond acceptors (Lipinski definition) is 6. The highest BCUT2D eigenvalue weighted by molar-refractivity contribution is 5.95. The average molecular weight is 475 g/mol. The maximum atomic E-state index is 12.9. The molecule has 1 aliphatic rings. The fourth-order valence-corrected chi connectivity index (χ4v) is 4.14. The van der Waals surface area contributed by atoms with Crippen LogP contribution in [0.1, 0.15) is 30.7 Å². The molecule has 2 heterocycles. The summed E-state index contributed by atoms with van der Waals surface area (Å²) in [7, 11) is 1.96. The second-order valence-electron chi connectivity index (χ2n) is 8.44. The van der Waals surface area contributed by atoms with Crippen molar-refractivity contribution in [2.45, 2.75) is 25.8 Å². The standard InChI is InChI=1S/C27H30N4O4/c1-3-34-26(32)24-23(28-27(33)29-25(24)20-13-8-5-9-14-20)18-31(2)16-10-15-21-17-22(30-35-21)19-11-6-4-7-12-19/h4-9,11-14,17,25H,3,10,15-16,18H2,1-2H3,(H2,28,29,33). The molecule has 2 aromatic carbocycles. The lowest BCUT2D eigenvalue weighted by molar-refractivity contribution is -0.139. The maximum Gasteiger partial charge on any atom is 0.338 e. The number of esters is 1. The summed E-state index contributed by atoms with van der Waals surface area (Å²) in [5.41, 5.74) is 3.64. The molecule has 2 amide bonds. The first kappa shape index (κ1) is 24.2. The second kappa shape index (κ2) is 11.5. The van der Waals surface area contributed by atoms with Crippen molar-refractivity contribution in [3.63, 3.8) is 0 Å². The zero-order valence-corrected chi connectivity index (χ0v) is 20.0. The van der Waals surface area contributed by atoms with E-state index in [4.69, 9.17) is 9.26 Å². The number of aromatic nitrogens is 1. The molecule has 0 radical (unpaired) electrons. The van der Waals surface area contributed by atoms with Crippen LogP contribution in [0.2, 0.25) is 0 Å². The van der Waals surface area contributed by atoms with Gasteiger partial charge in [0.15, 0.2) is 0 Å². The van der Waals surface area contributed by atoms with Gasteiger partial charge in [-0.15, -0.1) is 0 Å². The Hall–Kier alpha value is -3.91. The summed E-state index contributed by atoms with van der Waals surface area (Å²) >= 11 is 0. The Morgan fingerprint density at radius 2 is 1.83 bits per heavy atom. The molecule has 0 bridgehead atoms. The number of hydrogen-bond donors (Lipinski definition) is 2. The van der Waals surface area contributed by atoms with E-state index in [0.717, 1.165) is 42.0 Å². The number of carbonyl (C=O) groups is 2. The molecule has 0 saturated carbocycles. The molecule has 0 fully saturated rings. The van der Waals surface area contributed by atoms with E-state index in [1.807, 2.05) is 73.8 Å². The third-order valence-electron chi connectivity index (χ3n) is 5.80. The predicted octanol–water partition coefficient (Wildman–Crippen LogP) is 4.08. The smallest absolute Gasteiger partial charge is 0.338 e. The number of carbonyl (C=O) groups excluding carboxylic acids is 2. The van der Waals surface area contributed by atoms with Gasteiger partial charge in [0.05, 0.1) is 18.2 Å². The topological polar surface area (TPSA) is 96.7 Å². The molecule has 0 spiro atoms. The number of rotatable bonds is 10. The molecule has 8 nitrogen and oxygen atoms in total. The quantitative estimate of drug-likeness (QED) is 0.430. The monoisotopic (exact) mass is 474 g/mol. The van der Waals surface area contributed by atoms with Gasteiger partial charge in [0.25, 0.3) is 0 Å². The van der Waals surface area contributed by atoms with E-state index in [-0.39, 0.29) is 12.6 Å². The van der Waals surface area contributed by atoms with Crippen molar-refractivity contribution in [3.05, 3.63) is 89.3 Å².